The van der Waals surface area contributed by atoms with E-state index in [0.717, 1.165) is 5.56 Å². The first kappa shape index (κ1) is 18.1. The van der Waals surface area contributed by atoms with Crippen molar-refractivity contribution >= 4 is 17.1 Å². The molecule has 1 aliphatic rings. The molecule has 0 spiro atoms. The molecule has 0 unspecified atom stereocenters. The highest BCUT2D eigenvalue weighted by Crippen LogP contribution is 2.43. The molecule has 28 heavy (non-hydrogen) atoms. The van der Waals surface area contributed by atoms with Crippen molar-refractivity contribution in [2.45, 2.75) is 19.3 Å². The second kappa shape index (κ2) is 7.77. The Kier molecular flexibility index (Phi) is 5.03. The highest BCUT2D eigenvalue weighted by molar-refractivity contribution is 6.20. The van der Waals surface area contributed by atoms with Crippen LogP contribution in [0.15, 0.2) is 97.1 Å². The molecular weight excluding hydrogens is 344 g/mol. The fraction of sp³-hybridized carbons (Fsp3) is 0.154. The second-order valence-corrected chi connectivity index (χ2v) is 7.27. The zero-order valence-electron chi connectivity index (χ0n) is 15.7. The van der Waals surface area contributed by atoms with Gasteiger partial charge in [0.15, 0.2) is 11.6 Å². The highest BCUT2D eigenvalue weighted by atomic mass is 16.2. The zero-order chi connectivity index (χ0) is 19.4. The molecule has 0 aliphatic heterocycles. The third-order valence-corrected chi connectivity index (χ3v) is 5.60. The van der Waals surface area contributed by atoms with Crippen molar-refractivity contribution in [3.63, 3.8) is 0 Å². The lowest BCUT2D eigenvalue weighted by atomic mass is 9.65. The van der Waals surface area contributed by atoms with Crippen molar-refractivity contribution in [1.82, 2.24) is 0 Å². The summed E-state index contributed by atoms with van der Waals surface area (Å²) in [7, 11) is 0. The molecule has 3 aromatic rings. The van der Waals surface area contributed by atoms with Crippen LogP contribution < -0.4 is 0 Å². The first-order chi connectivity index (χ1) is 13.7. The minimum atomic E-state index is -1.04. The summed E-state index contributed by atoms with van der Waals surface area (Å²) >= 11 is 0. The number of carbonyl (C=O) groups is 2. The van der Waals surface area contributed by atoms with E-state index >= 15 is 0 Å². The van der Waals surface area contributed by atoms with Gasteiger partial charge in [0.05, 0.1) is 0 Å². The van der Waals surface area contributed by atoms with E-state index in [9.17, 15) is 9.59 Å². The summed E-state index contributed by atoms with van der Waals surface area (Å²) in [4.78, 5) is 27.1. The molecule has 0 saturated carbocycles. The average Bonchev–Trinajstić information content (AvgIpc) is 2.80. The Morgan fingerprint density at radius 2 is 1.11 bits per heavy atom. The van der Waals surface area contributed by atoms with Crippen LogP contribution in [0.4, 0.5) is 0 Å². The molecule has 0 fully saturated rings. The highest BCUT2D eigenvalue weighted by Gasteiger charge is 2.46. The Bertz CT molecular complexity index is 951. The minimum absolute atomic E-state index is 0.0784. The number of allylic oxidation sites excluding steroid dienone is 2. The Labute approximate surface area is 165 Å². The van der Waals surface area contributed by atoms with Crippen LogP contribution in [0.5, 0.6) is 0 Å². The molecule has 0 heterocycles. The molecule has 0 saturated heterocycles. The van der Waals surface area contributed by atoms with E-state index in [0.29, 0.717) is 30.4 Å². The first-order valence-electron chi connectivity index (χ1n) is 9.65. The van der Waals surface area contributed by atoms with E-state index in [1.165, 1.54) is 5.57 Å². The van der Waals surface area contributed by atoms with Gasteiger partial charge in [-0.3, -0.25) is 9.59 Å². The fourth-order valence-electron chi connectivity index (χ4n) is 4.01. The third-order valence-electron chi connectivity index (χ3n) is 5.60. The smallest absolute Gasteiger partial charge is 0.177 e. The van der Waals surface area contributed by atoms with Crippen LogP contribution in [0.1, 0.15) is 45.5 Å². The predicted octanol–water partition coefficient (Wildman–Crippen LogP) is 6.01. The third kappa shape index (κ3) is 3.34. The average molecular weight is 366 g/mol. The zero-order valence-corrected chi connectivity index (χ0v) is 15.7. The molecule has 4 rings (SSSR count). The number of hydrogen-bond acceptors (Lipinski definition) is 2. The van der Waals surface area contributed by atoms with Gasteiger partial charge >= 0.3 is 0 Å². The van der Waals surface area contributed by atoms with E-state index in [1.54, 1.807) is 24.3 Å². The number of hydrogen-bond donors (Lipinski definition) is 0. The van der Waals surface area contributed by atoms with Crippen molar-refractivity contribution in [3.05, 3.63) is 114 Å². The molecule has 3 aromatic carbocycles. The molecular formula is C26H22O2. The van der Waals surface area contributed by atoms with Crippen molar-refractivity contribution in [2.75, 3.05) is 0 Å². The maximum Gasteiger partial charge on any atom is 0.177 e. The number of ketones is 2. The number of benzene rings is 3. The Hall–Kier alpha value is -3.26. The largest absolute Gasteiger partial charge is 0.293 e. The maximum absolute atomic E-state index is 13.5. The van der Waals surface area contributed by atoms with Gasteiger partial charge in [0.1, 0.15) is 5.41 Å². The van der Waals surface area contributed by atoms with E-state index < -0.39 is 5.41 Å². The van der Waals surface area contributed by atoms with Crippen LogP contribution in [0.2, 0.25) is 0 Å². The second-order valence-electron chi connectivity index (χ2n) is 7.27. The Morgan fingerprint density at radius 1 is 0.643 bits per heavy atom. The molecule has 2 heteroatoms. The van der Waals surface area contributed by atoms with Gasteiger partial charge in [0.2, 0.25) is 0 Å². The van der Waals surface area contributed by atoms with Gasteiger partial charge in [0, 0.05) is 11.1 Å². The van der Waals surface area contributed by atoms with Crippen molar-refractivity contribution < 1.29 is 9.59 Å². The maximum atomic E-state index is 13.5. The van der Waals surface area contributed by atoms with Gasteiger partial charge in [-0.15, -0.1) is 0 Å². The number of carbonyl (C=O) groups excluding carboxylic acids is 2. The van der Waals surface area contributed by atoms with E-state index in [1.807, 2.05) is 54.6 Å². The van der Waals surface area contributed by atoms with E-state index in [4.69, 9.17) is 0 Å². The van der Waals surface area contributed by atoms with Crippen LogP contribution in [-0.2, 0) is 0 Å². The molecule has 0 atom stereocenters. The summed E-state index contributed by atoms with van der Waals surface area (Å²) in [6, 6.07) is 28.6. The van der Waals surface area contributed by atoms with Gasteiger partial charge < -0.3 is 0 Å². The van der Waals surface area contributed by atoms with Gasteiger partial charge in [0.25, 0.3) is 0 Å². The normalized spacial score (nSPS) is 15.5. The molecule has 0 amide bonds. The lowest BCUT2D eigenvalue weighted by molar-refractivity contribution is 0.0646. The monoisotopic (exact) mass is 366 g/mol. The Balaban J connectivity index is 1.74. The Morgan fingerprint density at radius 3 is 1.54 bits per heavy atom. The number of rotatable bonds is 5. The van der Waals surface area contributed by atoms with Crippen LogP contribution >= 0.6 is 0 Å². The summed E-state index contributed by atoms with van der Waals surface area (Å²) in [5.74, 6) is -0.157. The summed E-state index contributed by atoms with van der Waals surface area (Å²) in [5.41, 5.74) is 2.53. The van der Waals surface area contributed by atoms with Gasteiger partial charge in [-0.25, -0.2) is 0 Å². The quantitative estimate of drug-likeness (QED) is 0.409. The summed E-state index contributed by atoms with van der Waals surface area (Å²) < 4.78 is 0. The standard InChI is InChI=1S/C26H22O2/c27-24(22-12-6-2-7-13-22)26(25(28)23-14-8-3-9-15-23)18-16-21(17-19-26)20-10-4-1-5-11-20/h1-16H,17-19H2. The molecule has 2 nitrogen and oxygen atoms in total. The molecule has 0 bridgehead atoms. The van der Waals surface area contributed by atoms with E-state index in [-0.39, 0.29) is 11.6 Å². The van der Waals surface area contributed by atoms with Crippen LogP contribution in [0.25, 0.3) is 5.57 Å². The van der Waals surface area contributed by atoms with E-state index in [2.05, 4.69) is 18.2 Å². The van der Waals surface area contributed by atoms with Gasteiger partial charge in [-0.2, -0.15) is 0 Å². The van der Waals surface area contributed by atoms with Gasteiger partial charge in [-0.05, 0) is 30.4 Å². The van der Waals surface area contributed by atoms with Crippen molar-refractivity contribution in [3.8, 4) is 0 Å². The SMILES string of the molecule is O=C(c1ccccc1)C1(C(=O)c2ccccc2)CC=C(c2ccccc2)CC1. The molecule has 0 aromatic heterocycles. The fourth-order valence-corrected chi connectivity index (χ4v) is 4.01. The van der Waals surface area contributed by atoms with Gasteiger partial charge in [-0.1, -0.05) is 97.1 Å². The molecule has 138 valence electrons. The predicted molar refractivity (Wildman–Crippen MR) is 112 cm³/mol. The first-order valence-corrected chi connectivity index (χ1v) is 9.65. The minimum Gasteiger partial charge on any atom is -0.293 e. The lowest BCUT2D eigenvalue weighted by Crippen LogP contribution is -2.40. The summed E-state index contributed by atoms with van der Waals surface area (Å²) in [5, 5.41) is 0. The van der Waals surface area contributed by atoms with Crippen LogP contribution in [-0.4, -0.2) is 11.6 Å². The van der Waals surface area contributed by atoms with Crippen LogP contribution in [0, 0.1) is 5.41 Å². The topological polar surface area (TPSA) is 34.1 Å². The van der Waals surface area contributed by atoms with Crippen molar-refractivity contribution in [2.24, 2.45) is 5.41 Å². The summed E-state index contributed by atoms with van der Waals surface area (Å²) in [6.45, 7) is 0. The number of Topliss-reactive ketones (excluding diaryl/α,β-unsaturated/α-hetero) is 2. The van der Waals surface area contributed by atoms with Crippen molar-refractivity contribution in [1.29, 1.82) is 0 Å². The molecule has 1 aliphatic carbocycles. The molecule has 0 radical (unpaired) electrons. The molecule has 0 N–H and O–H groups in total. The summed E-state index contributed by atoms with van der Waals surface area (Å²) in [6.07, 6.45) is 3.75. The lowest BCUT2D eigenvalue weighted by Gasteiger charge is -2.34. The van der Waals surface area contributed by atoms with Crippen LogP contribution in [0.3, 0.4) is 0 Å².